The number of rotatable bonds is 5. The number of hydrogen-bond acceptors (Lipinski definition) is 4. The van der Waals surface area contributed by atoms with Crippen molar-refractivity contribution >= 4 is 11.3 Å². The quantitative estimate of drug-likeness (QED) is 0.887. The molecule has 0 fully saturated rings. The number of aryl methyl sites for hydroxylation is 1. The highest BCUT2D eigenvalue weighted by Gasteiger charge is 2.17. The molecule has 0 aliphatic carbocycles. The van der Waals surface area contributed by atoms with Crippen LogP contribution in [0.25, 0.3) is 0 Å². The summed E-state index contributed by atoms with van der Waals surface area (Å²) < 4.78 is 5.36. The molecule has 0 spiro atoms. The Bertz CT molecular complexity index is 450. The molecular formula is C13H18N2OS. The van der Waals surface area contributed by atoms with E-state index >= 15 is 0 Å². The normalized spacial score (nSPS) is 13.2. The van der Waals surface area contributed by atoms with Gasteiger partial charge in [0.05, 0.1) is 18.8 Å². The third-order valence-electron chi connectivity index (χ3n) is 2.83. The van der Waals surface area contributed by atoms with Crippen molar-refractivity contribution in [3.05, 3.63) is 46.0 Å². The van der Waals surface area contributed by atoms with Crippen LogP contribution in [0, 0.1) is 6.92 Å². The van der Waals surface area contributed by atoms with Crippen LogP contribution in [0.5, 0.6) is 0 Å². The molecule has 0 aliphatic heterocycles. The summed E-state index contributed by atoms with van der Waals surface area (Å²) in [6, 6.07) is 8.47. The molecule has 2 aromatic rings. The van der Waals surface area contributed by atoms with E-state index in [2.05, 4.69) is 31.0 Å². The van der Waals surface area contributed by atoms with Crippen LogP contribution in [0.3, 0.4) is 0 Å². The highest BCUT2D eigenvalue weighted by atomic mass is 32.1. The molecule has 1 unspecified atom stereocenters. The van der Waals surface area contributed by atoms with Crippen molar-refractivity contribution in [3.8, 4) is 0 Å². The number of thiophene rings is 1. The van der Waals surface area contributed by atoms with Crippen LogP contribution < -0.4 is 5.73 Å². The van der Waals surface area contributed by atoms with Crippen molar-refractivity contribution < 1.29 is 4.42 Å². The van der Waals surface area contributed by atoms with Gasteiger partial charge in [-0.3, -0.25) is 4.90 Å². The summed E-state index contributed by atoms with van der Waals surface area (Å²) in [7, 11) is 2.08. The van der Waals surface area contributed by atoms with Crippen molar-refractivity contribution in [2.75, 3.05) is 13.6 Å². The Morgan fingerprint density at radius 2 is 2.24 bits per heavy atom. The molecule has 0 aliphatic rings. The minimum atomic E-state index is 0.263. The molecule has 2 aromatic heterocycles. The average Bonchev–Trinajstić information content (AvgIpc) is 2.91. The summed E-state index contributed by atoms with van der Waals surface area (Å²) in [5.41, 5.74) is 5.88. The van der Waals surface area contributed by atoms with Crippen molar-refractivity contribution in [1.29, 1.82) is 0 Å². The minimum Gasteiger partial charge on any atom is -0.468 e. The Morgan fingerprint density at radius 1 is 1.41 bits per heavy atom. The van der Waals surface area contributed by atoms with E-state index in [-0.39, 0.29) is 6.04 Å². The van der Waals surface area contributed by atoms with Crippen LogP contribution in [0.2, 0.25) is 0 Å². The number of likely N-dealkylation sites (N-methyl/N-ethyl adjacent to an activating group) is 1. The van der Waals surface area contributed by atoms with E-state index < -0.39 is 0 Å². The average molecular weight is 250 g/mol. The maximum atomic E-state index is 5.88. The van der Waals surface area contributed by atoms with Gasteiger partial charge in [0.25, 0.3) is 0 Å². The maximum absolute atomic E-state index is 5.88. The summed E-state index contributed by atoms with van der Waals surface area (Å²) in [6.07, 6.45) is 1.70. The summed E-state index contributed by atoms with van der Waals surface area (Å²) in [5, 5.41) is 0. The van der Waals surface area contributed by atoms with Gasteiger partial charge in [0.1, 0.15) is 5.76 Å². The molecule has 17 heavy (non-hydrogen) atoms. The summed E-state index contributed by atoms with van der Waals surface area (Å²) >= 11 is 1.81. The first-order valence-electron chi connectivity index (χ1n) is 5.69. The molecule has 2 rings (SSSR count). The third kappa shape index (κ3) is 2.97. The zero-order valence-corrected chi connectivity index (χ0v) is 11.0. The second-order valence-electron chi connectivity index (χ2n) is 4.19. The molecule has 0 aromatic carbocycles. The Morgan fingerprint density at radius 3 is 2.76 bits per heavy atom. The van der Waals surface area contributed by atoms with Crippen LogP contribution >= 0.6 is 11.3 Å². The Hall–Kier alpha value is -1.10. The molecule has 3 nitrogen and oxygen atoms in total. The van der Waals surface area contributed by atoms with Gasteiger partial charge in [0.2, 0.25) is 0 Å². The van der Waals surface area contributed by atoms with Gasteiger partial charge >= 0.3 is 0 Å². The molecule has 0 saturated carbocycles. The smallest absolute Gasteiger partial charge is 0.117 e. The lowest BCUT2D eigenvalue weighted by molar-refractivity contribution is 0.226. The van der Waals surface area contributed by atoms with Gasteiger partial charge in [0, 0.05) is 16.3 Å². The molecule has 0 saturated heterocycles. The number of nitrogens with zero attached hydrogens (tertiary/aromatic N) is 1. The van der Waals surface area contributed by atoms with Gasteiger partial charge in [-0.15, -0.1) is 11.3 Å². The van der Waals surface area contributed by atoms with E-state index in [0.717, 1.165) is 12.3 Å². The monoisotopic (exact) mass is 250 g/mol. The fraction of sp³-hybridized carbons (Fsp3) is 0.385. The van der Waals surface area contributed by atoms with Gasteiger partial charge < -0.3 is 10.2 Å². The molecular weight excluding hydrogens is 232 g/mol. The standard InChI is InChI=1S/C13H18N2OS/c1-10-5-6-13(17-10)12(8-14)15(2)9-11-4-3-7-16-11/h3-7,12H,8-9,14H2,1-2H3. The molecule has 0 bridgehead atoms. The Kier molecular flexibility index (Phi) is 3.99. The first-order valence-corrected chi connectivity index (χ1v) is 6.51. The predicted molar refractivity (Wildman–Crippen MR) is 71.0 cm³/mol. The van der Waals surface area contributed by atoms with Gasteiger partial charge in [-0.25, -0.2) is 0 Å². The molecule has 1 atom stereocenters. The highest BCUT2D eigenvalue weighted by molar-refractivity contribution is 7.12. The molecule has 2 N–H and O–H groups in total. The Balaban J connectivity index is 2.07. The van der Waals surface area contributed by atoms with Gasteiger partial charge in [-0.2, -0.15) is 0 Å². The Labute approximate surface area is 106 Å². The van der Waals surface area contributed by atoms with E-state index in [1.54, 1.807) is 6.26 Å². The lowest BCUT2D eigenvalue weighted by atomic mass is 10.2. The van der Waals surface area contributed by atoms with Gasteiger partial charge in [0.15, 0.2) is 0 Å². The largest absolute Gasteiger partial charge is 0.468 e. The lowest BCUT2D eigenvalue weighted by Crippen LogP contribution is -2.29. The second kappa shape index (κ2) is 5.49. The summed E-state index contributed by atoms with van der Waals surface area (Å²) in [4.78, 5) is 4.87. The van der Waals surface area contributed by atoms with Crippen LogP contribution in [-0.2, 0) is 6.54 Å². The van der Waals surface area contributed by atoms with Gasteiger partial charge in [-0.1, -0.05) is 0 Å². The van der Waals surface area contributed by atoms with Crippen molar-refractivity contribution in [1.82, 2.24) is 4.90 Å². The first kappa shape index (κ1) is 12.4. The van der Waals surface area contributed by atoms with E-state index in [9.17, 15) is 0 Å². The van der Waals surface area contributed by atoms with E-state index in [1.165, 1.54) is 9.75 Å². The zero-order chi connectivity index (χ0) is 12.3. The highest BCUT2D eigenvalue weighted by Crippen LogP contribution is 2.27. The lowest BCUT2D eigenvalue weighted by Gasteiger charge is -2.25. The van der Waals surface area contributed by atoms with Gasteiger partial charge in [-0.05, 0) is 38.2 Å². The topological polar surface area (TPSA) is 42.4 Å². The summed E-state index contributed by atoms with van der Waals surface area (Å²) in [6.45, 7) is 3.53. The fourth-order valence-electron chi connectivity index (χ4n) is 1.90. The number of nitrogens with two attached hydrogens (primary N) is 1. The minimum absolute atomic E-state index is 0.263. The number of hydrogen-bond donors (Lipinski definition) is 1. The van der Waals surface area contributed by atoms with Crippen molar-refractivity contribution in [3.63, 3.8) is 0 Å². The maximum Gasteiger partial charge on any atom is 0.117 e. The van der Waals surface area contributed by atoms with E-state index in [4.69, 9.17) is 10.2 Å². The summed E-state index contributed by atoms with van der Waals surface area (Å²) in [5.74, 6) is 0.972. The van der Waals surface area contributed by atoms with Crippen molar-refractivity contribution in [2.24, 2.45) is 5.73 Å². The predicted octanol–water partition coefficient (Wildman–Crippen LogP) is 2.78. The fourth-order valence-corrected chi connectivity index (χ4v) is 2.96. The SMILES string of the molecule is Cc1ccc(C(CN)N(C)Cc2ccco2)s1. The molecule has 4 heteroatoms. The van der Waals surface area contributed by atoms with E-state index in [1.807, 2.05) is 23.5 Å². The van der Waals surface area contributed by atoms with Crippen LogP contribution in [0.1, 0.15) is 21.6 Å². The molecule has 2 heterocycles. The van der Waals surface area contributed by atoms with E-state index in [0.29, 0.717) is 6.54 Å². The van der Waals surface area contributed by atoms with Crippen LogP contribution in [0.4, 0.5) is 0 Å². The zero-order valence-electron chi connectivity index (χ0n) is 10.2. The molecule has 0 amide bonds. The first-order chi connectivity index (χ1) is 8.20. The van der Waals surface area contributed by atoms with Crippen molar-refractivity contribution in [2.45, 2.75) is 19.5 Å². The second-order valence-corrected chi connectivity index (χ2v) is 5.51. The molecule has 0 radical (unpaired) electrons. The van der Waals surface area contributed by atoms with Crippen LogP contribution in [0.15, 0.2) is 34.9 Å². The molecule has 92 valence electrons. The van der Waals surface area contributed by atoms with Crippen LogP contribution in [-0.4, -0.2) is 18.5 Å². The number of furan rings is 1. The third-order valence-corrected chi connectivity index (χ3v) is 3.93.